The average Bonchev–Trinajstić information content (AvgIpc) is 2.05. The van der Waals surface area contributed by atoms with Crippen LogP contribution in [0.3, 0.4) is 0 Å². The molecule has 62 valence electrons. The van der Waals surface area contributed by atoms with Crippen molar-refractivity contribution in [1.82, 2.24) is 4.90 Å². The van der Waals surface area contributed by atoms with Crippen molar-refractivity contribution in [3.63, 3.8) is 0 Å². The second kappa shape index (κ2) is 3.42. The second-order valence-electron chi connectivity index (χ2n) is 2.72. The van der Waals surface area contributed by atoms with Crippen LogP contribution in [0.2, 0.25) is 0 Å². The lowest BCUT2D eigenvalue weighted by atomic mass is 10.2. The third-order valence-corrected chi connectivity index (χ3v) is 1.90. The molecule has 3 nitrogen and oxygen atoms in total. The molecule has 1 aliphatic heterocycles. The largest absolute Gasteiger partial charge is 0.402 e. The van der Waals surface area contributed by atoms with E-state index in [1.54, 1.807) is 0 Å². The van der Waals surface area contributed by atoms with Gasteiger partial charge in [0.25, 0.3) is 0 Å². The number of carbonyl (C=O) groups excluding carboxylic acids is 1. The quantitative estimate of drug-likeness (QED) is 0.596. The maximum atomic E-state index is 11.1. The molecular formula is C8H14N2O. The zero-order chi connectivity index (χ0) is 8.27. The molecule has 0 aromatic carbocycles. The molecule has 0 unspecified atom stereocenters. The van der Waals surface area contributed by atoms with Gasteiger partial charge in [-0.1, -0.05) is 6.92 Å². The van der Waals surface area contributed by atoms with E-state index in [9.17, 15) is 4.79 Å². The molecule has 1 heterocycles. The Hall–Kier alpha value is -0.990. The highest BCUT2D eigenvalue weighted by atomic mass is 16.2. The van der Waals surface area contributed by atoms with E-state index in [0.29, 0.717) is 13.0 Å². The zero-order valence-electron chi connectivity index (χ0n) is 6.84. The number of carbonyl (C=O) groups is 1. The van der Waals surface area contributed by atoms with Gasteiger partial charge in [0.2, 0.25) is 5.91 Å². The summed E-state index contributed by atoms with van der Waals surface area (Å²) in [6.07, 6.45) is 3.33. The lowest BCUT2D eigenvalue weighted by Crippen LogP contribution is -2.35. The van der Waals surface area contributed by atoms with E-state index in [4.69, 9.17) is 5.73 Å². The van der Waals surface area contributed by atoms with Gasteiger partial charge in [0.15, 0.2) is 0 Å². The molecule has 0 saturated heterocycles. The van der Waals surface area contributed by atoms with Crippen molar-refractivity contribution in [1.29, 1.82) is 0 Å². The van der Waals surface area contributed by atoms with Crippen molar-refractivity contribution in [2.75, 3.05) is 13.1 Å². The van der Waals surface area contributed by atoms with Crippen LogP contribution in [0.15, 0.2) is 11.8 Å². The first-order valence-corrected chi connectivity index (χ1v) is 3.96. The second-order valence-corrected chi connectivity index (χ2v) is 2.72. The summed E-state index contributed by atoms with van der Waals surface area (Å²) in [7, 11) is 0. The zero-order valence-corrected chi connectivity index (χ0v) is 6.84. The van der Waals surface area contributed by atoms with Gasteiger partial charge in [-0.15, -0.1) is 0 Å². The maximum Gasteiger partial charge on any atom is 0.222 e. The van der Waals surface area contributed by atoms with Gasteiger partial charge in [0, 0.05) is 31.6 Å². The fourth-order valence-corrected chi connectivity index (χ4v) is 1.13. The summed E-state index contributed by atoms with van der Waals surface area (Å²) >= 11 is 0. The molecule has 0 radical (unpaired) electrons. The third-order valence-electron chi connectivity index (χ3n) is 1.90. The molecule has 0 atom stereocenters. The molecule has 0 saturated carbocycles. The summed E-state index contributed by atoms with van der Waals surface area (Å²) in [5.41, 5.74) is 6.47. The van der Waals surface area contributed by atoms with Gasteiger partial charge in [-0.05, 0) is 6.08 Å². The Morgan fingerprint density at radius 2 is 2.55 bits per heavy atom. The van der Waals surface area contributed by atoms with Crippen molar-refractivity contribution in [3.05, 3.63) is 11.8 Å². The van der Waals surface area contributed by atoms with Crippen molar-refractivity contribution >= 4 is 5.91 Å². The Balaban J connectivity index is 2.47. The number of rotatable bonds is 1. The number of amides is 1. The number of hydrogen-bond donors (Lipinski definition) is 1. The van der Waals surface area contributed by atoms with Gasteiger partial charge in [-0.3, -0.25) is 4.79 Å². The van der Waals surface area contributed by atoms with E-state index in [2.05, 4.69) is 0 Å². The van der Waals surface area contributed by atoms with Crippen LogP contribution in [0.25, 0.3) is 0 Å². The highest BCUT2D eigenvalue weighted by Gasteiger charge is 2.13. The highest BCUT2D eigenvalue weighted by molar-refractivity contribution is 5.76. The Bertz CT molecular complexity index is 187. The van der Waals surface area contributed by atoms with Crippen LogP contribution in [0.5, 0.6) is 0 Å². The van der Waals surface area contributed by atoms with Crippen molar-refractivity contribution in [3.8, 4) is 0 Å². The summed E-state index contributed by atoms with van der Waals surface area (Å²) in [5, 5.41) is 0. The minimum atomic E-state index is 0.216. The molecule has 0 bridgehead atoms. The molecule has 3 heteroatoms. The summed E-state index contributed by atoms with van der Waals surface area (Å²) in [6.45, 7) is 3.36. The molecule has 0 aromatic rings. The van der Waals surface area contributed by atoms with E-state index < -0.39 is 0 Å². The van der Waals surface area contributed by atoms with Crippen molar-refractivity contribution in [2.24, 2.45) is 5.73 Å². The Morgan fingerprint density at radius 3 is 3.00 bits per heavy atom. The standard InChI is InChI=1S/C8H14N2O/c1-2-8(11)10-5-3-7(9)4-6-10/h3H,2,4-6,9H2,1H3. The normalized spacial score (nSPS) is 17.9. The Kier molecular flexibility index (Phi) is 2.52. The molecule has 1 amide bonds. The van der Waals surface area contributed by atoms with Gasteiger partial charge in [-0.2, -0.15) is 0 Å². The smallest absolute Gasteiger partial charge is 0.222 e. The number of hydrogen-bond acceptors (Lipinski definition) is 2. The Labute approximate surface area is 66.9 Å². The maximum absolute atomic E-state index is 11.1. The molecule has 1 aliphatic rings. The molecule has 0 aromatic heterocycles. The number of nitrogens with zero attached hydrogens (tertiary/aromatic N) is 1. The van der Waals surface area contributed by atoms with Crippen LogP contribution in [-0.2, 0) is 4.79 Å². The van der Waals surface area contributed by atoms with E-state index in [-0.39, 0.29) is 5.91 Å². The van der Waals surface area contributed by atoms with Crippen LogP contribution in [0.1, 0.15) is 19.8 Å². The predicted molar refractivity (Wildman–Crippen MR) is 43.8 cm³/mol. The summed E-state index contributed by atoms with van der Waals surface area (Å²) in [4.78, 5) is 13.0. The lowest BCUT2D eigenvalue weighted by molar-refractivity contribution is -0.130. The van der Waals surface area contributed by atoms with E-state index in [1.165, 1.54) is 0 Å². The van der Waals surface area contributed by atoms with E-state index in [0.717, 1.165) is 18.7 Å². The molecule has 0 aliphatic carbocycles. The average molecular weight is 154 g/mol. The van der Waals surface area contributed by atoms with Gasteiger partial charge in [-0.25, -0.2) is 0 Å². The number of nitrogens with two attached hydrogens (primary N) is 1. The van der Waals surface area contributed by atoms with Gasteiger partial charge >= 0.3 is 0 Å². The minimum Gasteiger partial charge on any atom is -0.402 e. The minimum absolute atomic E-state index is 0.216. The van der Waals surface area contributed by atoms with Crippen LogP contribution in [0.4, 0.5) is 0 Å². The monoisotopic (exact) mass is 154 g/mol. The van der Waals surface area contributed by atoms with E-state index >= 15 is 0 Å². The first-order valence-electron chi connectivity index (χ1n) is 3.96. The fraction of sp³-hybridized carbons (Fsp3) is 0.625. The molecular weight excluding hydrogens is 140 g/mol. The van der Waals surface area contributed by atoms with Gasteiger partial charge in [0.05, 0.1) is 0 Å². The van der Waals surface area contributed by atoms with E-state index in [1.807, 2.05) is 17.9 Å². The first-order chi connectivity index (χ1) is 5.24. The predicted octanol–water partition coefficient (Wildman–Crippen LogP) is 0.471. The van der Waals surface area contributed by atoms with Gasteiger partial charge in [0.1, 0.15) is 0 Å². The van der Waals surface area contributed by atoms with Crippen LogP contribution >= 0.6 is 0 Å². The topological polar surface area (TPSA) is 46.3 Å². The highest BCUT2D eigenvalue weighted by Crippen LogP contribution is 2.06. The van der Waals surface area contributed by atoms with Crippen molar-refractivity contribution in [2.45, 2.75) is 19.8 Å². The van der Waals surface area contributed by atoms with Crippen molar-refractivity contribution < 1.29 is 4.79 Å². The summed E-state index contributed by atoms with van der Waals surface area (Å²) < 4.78 is 0. The van der Waals surface area contributed by atoms with Gasteiger partial charge < -0.3 is 10.6 Å². The molecule has 0 fully saturated rings. The SMILES string of the molecule is CCC(=O)N1CC=C(N)CC1. The summed E-state index contributed by atoms with van der Waals surface area (Å²) in [6, 6.07) is 0. The molecule has 11 heavy (non-hydrogen) atoms. The Morgan fingerprint density at radius 1 is 1.82 bits per heavy atom. The summed E-state index contributed by atoms with van der Waals surface area (Å²) in [5.74, 6) is 0.216. The fourth-order valence-electron chi connectivity index (χ4n) is 1.13. The lowest BCUT2D eigenvalue weighted by Gasteiger charge is -2.24. The molecule has 2 N–H and O–H groups in total. The first kappa shape index (κ1) is 8.11. The third kappa shape index (κ3) is 1.97. The van der Waals surface area contributed by atoms with Crippen LogP contribution in [-0.4, -0.2) is 23.9 Å². The molecule has 1 rings (SSSR count). The molecule has 0 spiro atoms. The van der Waals surface area contributed by atoms with Crippen LogP contribution in [0, 0.1) is 0 Å². The van der Waals surface area contributed by atoms with Crippen LogP contribution < -0.4 is 5.73 Å².